The summed E-state index contributed by atoms with van der Waals surface area (Å²) >= 11 is -2.39. The van der Waals surface area contributed by atoms with Crippen molar-refractivity contribution in [1.29, 1.82) is 0 Å². The van der Waals surface area contributed by atoms with Gasteiger partial charge < -0.3 is 0 Å². The molecular formula is C24H44O4Sn. The molecule has 0 amide bonds. The van der Waals surface area contributed by atoms with E-state index < -0.39 is 35.7 Å². The van der Waals surface area contributed by atoms with Crippen LogP contribution in [0.3, 0.4) is 0 Å². The summed E-state index contributed by atoms with van der Waals surface area (Å²) in [4.78, 5) is 25.4. The van der Waals surface area contributed by atoms with E-state index >= 15 is 0 Å². The molecule has 0 radical (unpaired) electrons. The Balaban J connectivity index is 3.21. The van der Waals surface area contributed by atoms with E-state index in [1.807, 2.05) is 6.08 Å². The van der Waals surface area contributed by atoms with Gasteiger partial charge in [0, 0.05) is 0 Å². The van der Waals surface area contributed by atoms with Crippen molar-refractivity contribution in [3.05, 3.63) is 12.7 Å². The predicted octanol–water partition coefficient (Wildman–Crippen LogP) is 6.38. The summed E-state index contributed by atoms with van der Waals surface area (Å²) in [6.45, 7) is 10.9. The van der Waals surface area contributed by atoms with Crippen LogP contribution in [0.25, 0.3) is 0 Å². The van der Waals surface area contributed by atoms with Crippen LogP contribution in [-0.4, -0.2) is 44.5 Å². The van der Waals surface area contributed by atoms with E-state index in [0.717, 1.165) is 0 Å². The van der Waals surface area contributed by atoms with Crippen molar-refractivity contribution >= 4 is 30.3 Å². The Morgan fingerprint density at radius 3 is 1.72 bits per heavy atom. The van der Waals surface area contributed by atoms with Gasteiger partial charge in [0.2, 0.25) is 0 Å². The van der Waals surface area contributed by atoms with E-state index in [9.17, 15) is 9.59 Å². The fourth-order valence-corrected chi connectivity index (χ4v) is 23.2. The Kier molecular flexibility index (Phi) is 11.9. The molecule has 5 heteroatoms. The van der Waals surface area contributed by atoms with E-state index in [4.69, 9.17) is 9.47 Å². The normalized spacial score (nSPS) is 21.0. The summed E-state index contributed by atoms with van der Waals surface area (Å²) in [6, 6.07) is 0. The molecule has 0 spiro atoms. The Hall–Kier alpha value is -0.521. The van der Waals surface area contributed by atoms with Gasteiger partial charge in [-0.3, -0.25) is 0 Å². The molecule has 1 rings (SSSR count). The topological polar surface area (TPSA) is 52.6 Å². The van der Waals surface area contributed by atoms with Crippen molar-refractivity contribution in [2.75, 3.05) is 14.2 Å². The monoisotopic (exact) mass is 516 g/mol. The minimum absolute atomic E-state index is 0.189. The first-order valence-electron chi connectivity index (χ1n) is 11.7. The summed E-state index contributed by atoms with van der Waals surface area (Å²) in [5.41, 5.74) is -1.15. The van der Waals surface area contributed by atoms with Gasteiger partial charge in [-0.25, -0.2) is 0 Å². The SMILES string of the molecule is C=C[C@@H]1CC(C(=O)OC)(C(=O)OC)C[C@@H]1[CH2][Sn]([CH2]CCC)([CH2]CCC)[CH2]CCC. The fraction of sp³-hybridized carbons (Fsp3) is 0.833. The van der Waals surface area contributed by atoms with Gasteiger partial charge in [-0.1, -0.05) is 0 Å². The molecule has 1 fully saturated rings. The zero-order valence-electron chi connectivity index (χ0n) is 19.6. The van der Waals surface area contributed by atoms with Crippen molar-refractivity contribution in [1.82, 2.24) is 0 Å². The van der Waals surface area contributed by atoms with Crippen LogP contribution in [0.5, 0.6) is 0 Å². The van der Waals surface area contributed by atoms with Gasteiger partial charge in [-0.2, -0.15) is 0 Å². The molecule has 29 heavy (non-hydrogen) atoms. The third kappa shape index (κ3) is 6.73. The summed E-state index contributed by atoms with van der Waals surface area (Å²) < 4.78 is 15.7. The van der Waals surface area contributed by atoms with Gasteiger partial charge in [0.25, 0.3) is 0 Å². The van der Waals surface area contributed by atoms with Gasteiger partial charge in [-0.15, -0.1) is 0 Å². The predicted molar refractivity (Wildman–Crippen MR) is 123 cm³/mol. The molecule has 0 saturated heterocycles. The number of esters is 2. The van der Waals surface area contributed by atoms with Gasteiger partial charge in [0.15, 0.2) is 0 Å². The van der Waals surface area contributed by atoms with Crippen molar-refractivity contribution in [2.24, 2.45) is 17.3 Å². The molecule has 2 atom stereocenters. The first kappa shape index (κ1) is 26.5. The van der Waals surface area contributed by atoms with Crippen LogP contribution < -0.4 is 0 Å². The Morgan fingerprint density at radius 1 is 0.931 bits per heavy atom. The van der Waals surface area contributed by atoms with Gasteiger partial charge >= 0.3 is 183 Å². The van der Waals surface area contributed by atoms with Gasteiger partial charge in [0.05, 0.1) is 0 Å². The summed E-state index contributed by atoms with van der Waals surface area (Å²) in [7, 11) is 2.74. The molecule has 1 aliphatic carbocycles. The number of carbonyl (C=O) groups excluding carboxylic acids is 2. The molecule has 0 unspecified atom stereocenters. The second kappa shape index (κ2) is 13.0. The number of rotatable bonds is 14. The average molecular weight is 515 g/mol. The quantitative estimate of drug-likeness (QED) is 0.117. The van der Waals surface area contributed by atoms with Crippen LogP contribution in [0.1, 0.15) is 72.1 Å². The number of carbonyl (C=O) groups is 2. The van der Waals surface area contributed by atoms with Crippen molar-refractivity contribution in [3.63, 3.8) is 0 Å². The number of hydrogen-bond acceptors (Lipinski definition) is 4. The number of allylic oxidation sites excluding steroid dienone is 1. The number of unbranched alkanes of at least 4 members (excludes halogenated alkanes) is 3. The second-order valence-corrected chi connectivity index (χ2v) is 23.2. The maximum atomic E-state index is 12.7. The van der Waals surface area contributed by atoms with Crippen LogP contribution in [0.15, 0.2) is 12.7 Å². The van der Waals surface area contributed by atoms with Crippen LogP contribution in [0.4, 0.5) is 0 Å². The van der Waals surface area contributed by atoms with E-state index in [1.54, 1.807) is 0 Å². The molecule has 0 heterocycles. The molecular weight excluding hydrogens is 471 g/mol. The van der Waals surface area contributed by atoms with Crippen molar-refractivity contribution in [2.45, 2.75) is 89.9 Å². The number of ether oxygens (including phenoxy) is 2. The molecule has 0 N–H and O–H groups in total. The zero-order chi connectivity index (χ0) is 21.9. The zero-order valence-corrected chi connectivity index (χ0v) is 22.4. The number of hydrogen-bond donors (Lipinski definition) is 0. The summed E-state index contributed by atoms with van der Waals surface area (Å²) in [5.74, 6) is -0.327. The van der Waals surface area contributed by atoms with Gasteiger partial charge in [-0.05, 0) is 0 Å². The first-order chi connectivity index (χ1) is 13.9. The Morgan fingerprint density at radius 2 is 1.38 bits per heavy atom. The van der Waals surface area contributed by atoms with Crippen LogP contribution in [0, 0.1) is 17.3 Å². The molecule has 0 aromatic heterocycles. The fourth-order valence-electron chi connectivity index (χ4n) is 5.45. The van der Waals surface area contributed by atoms with Gasteiger partial charge in [0.1, 0.15) is 0 Å². The van der Waals surface area contributed by atoms with Crippen molar-refractivity contribution < 1.29 is 19.1 Å². The molecule has 0 aromatic rings. The second-order valence-electron chi connectivity index (χ2n) is 9.15. The molecule has 1 saturated carbocycles. The van der Waals surface area contributed by atoms with E-state index in [-0.39, 0.29) is 5.92 Å². The third-order valence-corrected chi connectivity index (χ3v) is 23.2. The molecule has 168 valence electrons. The average Bonchev–Trinajstić information content (AvgIpc) is 3.12. The molecule has 0 aliphatic heterocycles. The number of methoxy groups -OCH3 is 2. The Bertz CT molecular complexity index is 493. The molecule has 0 aromatic carbocycles. The van der Waals surface area contributed by atoms with E-state index in [0.29, 0.717) is 18.8 Å². The van der Waals surface area contributed by atoms with Crippen LogP contribution in [-0.2, 0) is 19.1 Å². The minimum atomic E-state index is -2.39. The first-order valence-corrected chi connectivity index (χ1v) is 19.7. The molecule has 1 aliphatic rings. The molecule has 0 bridgehead atoms. The molecule has 4 nitrogen and oxygen atoms in total. The third-order valence-electron chi connectivity index (χ3n) is 7.13. The van der Waals surface area contributed by atoms with E-state index in [2.05, 4.69) is 27.4 Å². The summed E-state index contributed by atoms with van der Waals surface area (Å²) in [6.07, 6.45) is 10.8. The maximum absolute atomic E-state index is 12.7. The van der Waals surface area contributed by atoms with E-state index in [1.165, 1.54) is 70.5 Å². The Labute approximate surface area is 183 Å². The standard InChI is InChI=1S/C12H17O4.3C4H9.Sn/c1-5-9-7-12(6-8(9)2,10(13)15-3)11(14)16-4;3*1-3-4-2;/h5,8-9H,1-2,6-7H2,3-4H3;3*1,3-4H2,2H3;/t8-,9+;;;;/m0..../s1. The summed E-state index contributed by atoms with van der Waals surface area (Å²) in [5, 5.41) is 0. The van der Waals surface area contributed by atoms with Crippen LogP contribution >= 0.6 is 0 Å². The van der Waals surface area contributed by atoms with Crippen LogP contribution in [0.2, 0.25) is 17.7 Å². The van der Waals surface area contributed by atoms with Crippen molar-refractivity contribution in [3.8, 4) is 0 Å².